The van der Waals surface area contributed by atoms with Crippen molar-refractivity contribution in [1.82, 2.24) is 4.90 Å². The Hall–Kier alpha value is -1.32. The Kier molecular flexibility index (Phi) is 4.34. The monoisotopic (exact) mass is 211 g/mol. The molecule has 1 aliphatic carbocycles. The van der Waals surface area contributed by atoms with Gasteiger partial charge in [0, 0.05) is 25.7 Å². The highest BCUT2D eigenvalue weighted by Crippen LogP contribution is 2.25. The van der Waals surface area contributed by atoms with E-state index in [0.29, 0.717) is 5.92 Å². The number of amides is 1. The number of carbonyl (C=O) groups excluding carboxylic acids is 1. The van der Waals surface area contributed by atoms with Gasteiger partial charge in [0.25, 0.3) is 0 Å². The van der Waals surface area contributed by atoms with Crippen molar-refractivity contribution in [2.75, 3.05) is 13.6 Å². The molecule has 84 valence electrons. The molecule has 15 heavy (non-hydrogen) atoms. The summed E-state index contributed by atoms with van der Waals surface area (Å²) in [5.41, 5.74) is 0. The molecule has 0 aliphatic heterocycles. The molecule has 1 fully saturated rings. The smallest absolute Gasteiger partial charge is 0.328 e. The van der Waals surface area contributed by atoms with E-state index < -0.39 is 5.97 Å². The average molecular weight is 211 g/mol. The Bertz CT molecular complexity index is 267. The van der Waals surface area contributed by atoms with Gasteiger partial charge in [0.1, 0.15) is 0 Å². The van der Waals surface area contributed by atoms with Gasteiger partial charge in [-0.3, -0.25) is 4.79 Å². The molecule has 0 spiro atoms. The Morgan fingerprint density at radius 1 is 1.33 bits per heavy atom. The van der Waals surface area contributed by atoms with E-state index in [1.165, 1.54) is 25.7 Å². The SMILES string of the molecule is CN(CC1CCCC1)C(=O)C=CC(=O)O. The first-order chi connectivity index (χ1) is 7.09. The number of aliphatic carboxylic acids is 1. The lowest BCUT2D eigenvalue weighted by Crippen LogP contribution is -2.29. The molecule has 1 N–H and O–H groups in total. The van der Waals surface area contributed by atoms with Crippen LogP contribution in [-0.4, -0.2) is 35.5 Å². The molecule has 1 rings (SSSR count). The average Bonchev–Trinajstić information content (AvgIpc) is 2.66. The predicted molar refractivity (Wildman–Crippen MR) is 56.4 cm³/mol. The quantitative estimate of drug-likeness (QED) is 0.712. The normalized spacial score (nSPS) is 17.1. The van der Waals surface area contributed by atoms with Crippen LogP contribution in [0.5, 0.6) is 0 Å². The van der Waals surface area contributed by atoms with Crippen LogP contribution in [0.4, 0.5) is 0 Å². The minimum Gasteiger partial charge on any atom is -0.478 e. The van der Waals surface area contributed by atoms with Crippen molar-refractivity contribution in [2.45, 2.75) is 25.7 Å². The molecule has 0 aromatic rings. The van der Waals surface area contributed by atoms with Crippen molar-refractivity contribution in [3.63, 3.8) is 0 Å². The summed E-state index contributed by atoms with van der Waals surface area (Å²) in [7, 11) is 1.72. The molecule has 4 heteroatoms. The molecule has 1 aliphatic rings. The fraction of sp³-hybridized carbons (Fsp3) is 0.636. The van der Waals surface area contributed by atoms with Crippen LogP contribution in [0.1, 0.15) is 25.7 Å². The minimum atomic E-state index is -1.09. The molecule has 0 saturated heterocycles. The Balaban J connectivity index is 2.35. The van der Waals surface area contributed by atoms with Gasteiger partial charge in [-0.15, -0.1) is 0 Å². The largest absolute Gasteiger partial charge is 0.478 e. The minimum absolute atomic E-state index is 0.232. The summed E-state index contributed by atoms with van der Waals surface area (Å²) < 4.78 is 0. The second kappa shape index (κ2) is 5.53. The second-order valence-corrected chi connectivity index (χ2v) is 4.04. The van der Waals surface area contributed by atoms with E-state index in [9.17, 15) is 9.59 Å². The second-order valence-electron chi connectivity index (χ2n) is 4.04. The van der Waals surface area contributed by atoms with Gasteiger partial charge in [-0.25, -0.2) is 4.79 Å². The third-order valence-electron chi connectivity index (χ3n) is 2.75. The lowest BCUT2D eigenvalue weighted by Gasteiger charge is -2.19. The van der Waals surface area contributed by atoms with E-state index in [4.69, 9.17) is 5.11 Å². The fourth-order valence-electron chi connectivity index (χ4n) is 1.94. The summed E-state index contributed by atoms with van der Waals surface area (Å²) in [6.45, 7) is 0.739. The van der Waals surface area contributed by atoms with Crippen molar-refractivity contribution in [3.05, 3.63) is 12.2 Å². The van der Waals surface area contributed by atoms with Gasteiger partial charge in [0.05, 0.1) is 0 Å². The van der Waals surface area contributed by atoms with Crippen molar-refractivity contribution < 1.29 is 14.7 Å². The molecule has 0 aromatic heterocycles. The van der Waals surface area contributed by atoms with Crippen molar-refractivity contribution >= 4 is 11.9 Å². The van der Waals surface area contributed by atoms with E-state index in [1.807, 2.05) is 0 Å². The van der Waals surface area contributed by atoms with Gasteiger partial charge in [-0.05, 0) is 18.8 Å². The third-order valence-corrected chi connectivity index (χ3v) is 2.75. The predicted octanol–water partition coefficient (Wildman–Crippen LogP) is 1.28. The lowest BCUT2D eigenvalue weighted by atomic mass is 10.1. The number of carbonyl (C=O) groups is 2. The molecule has 0 atom stereocenters. The maximum Gasteiger partial charge on any atom is 0.328 e. The lowest BCUT2D eigenvalue weighted by molar-refractivity contribution is -0.132. The van der Waals surface area contributed by atoms with Crippen molar-refractivity contribution in [1.29, 1.82) is 0 Å². The molecule has 1 saturated carbocycles. The van der Waals surface area contributed by atoms with E-state index in [2.05, 4.69) is 0 Å². The van der Waals surface area contributed by atoms with Crippen LogP contribution >= 0.6 is 0 Å². The first kappa shape index (κ1) is 11.8. The van der Waals surface area contributed by atoms with Gasteiger partial charge in [-0.2, -0.15) is 0 Å². The van der Waals surface area contributed by atoms with E-state index >= 15 is 0 Å². The Morgan fingerprint density at radius 2 is 1.93 bits per heavy atom. The van der Waals surface area contributed by atoms with Crippen molar-refractivity contribution in [3.8, 4) is 0 Å². The molecule has 1 amide bonds. The molecule has 0 aromatic carbocycles. The van der Waals surface area contributed by atoms with Gasteiger partial charge >= 0.3 is 5.97 Å². The maximum absolute atomic E-state index is 11.4. The van der Waals surface area contributed by atoms with Crippen molar-refractivity contribution in [2.24, 2.45) is 5.92 Å². The molecule has 0 radical (unpaired) electrons. The number of nitrogens with zero attached hydrogens (tertiary/aromatic N) is 1. The summed E-state index contributed by atoms with van der Waals surface area (Å²) in [6, 6.07) is 0. The van der Waals surface area contributed by atoms with E-state index in [1.54, 1.807) is 11.9 Å². The van der Waals surface area contributed by atoms with Gasteiger partial charge in [0.2, 0.25) is 5.91 Å². The third kappa shape index (κ3) is 4.14. The molecule has 4 nitrogen and oxygen atoms in total. The Labute approximate surface area is 89.6 Å². The maximum atomic E-state index is 11.4. The highest BCUT2D eigenvalue weighted by atomic mass is 16.4. The molecular weight excluding hydrogens is 194 g/mol. The van der Waals surface area contributed by atoms with Crippen LogP contribution in [0.2, 0.25) is 0 Å². The van der Waals surface area contributed by atoms with Gasteiger partial charge < -0.3 is 10.0 Å². The number of hydrogen-bond acceptors (Lipinski definition) is 2. The molecule has 0 unspecified atom stereocenters. The molecule has 0 bridgehead atoms. The standard InChI is InChI=1S/C11H17NO3/c1-12(8-9-4-2-3-5-9)10(13)6-7-11(14)15/h6-7,9H,2-5,8H2,1H3,(H,14,15). The summed E-state index contributed by atoms with van der Waals surface area (Å²) >= 11 is 0. The zero-order chi connectivity index (χ0) is 11.3. The van der Waals surface area contributed by atoms with Crippen LogP contribution in [0, 0.1) is 5.92 Å². The number of hydrogen-bond donors (Lipinski definition) is 1. The summed E-state index contributed by atoms with van der Waals surface area (Å²) in [5.74, 6) is -0.723. The van der Waals surface area contributed by atoms with E-state index in [0.717, 1.165) is 18.7 Å². The first-order valence-electron chi connectivity index (χ1n) is 5.25. The summed E-state index contributed by atoms with van der Waals surface area (Å²) in [5, 5.41) is 8.37. The Morgan fingerprint density at radius 3 is 2.47 bits per heavy atom. The first-order valence-corrected chi connectivity index (χ1v) is 5.25. The molecular formula is C11H17NO3. The zero-order valence-corrected chi connectivity index (χ0v) is 8.98. The topological polar surface area (TPSA) is 57.6 Å². The van der Waals surface area contributed by atoms with E-state index in [-0.39, 0.29) is 5.91 Å². The van der Waals surface area contributed by atoms with Gasteiger partial charge in [0.15, 0.2) is 0 Å². The zero-order valence-electron chi connectivity index (χ0n) is 8.98. The molecule has 0 heterocycles. The number of rotatable bonds is 4. The highest BCUT2D eigenvalue weighted by molar-refractivity contribution is 5.93. The summed E-state index contributed by atoms with van der Waals surface area (Å²) in [4.78, 5) is 23.2. The fourth-order valence-corrected chi connectivity index (χ4v) is 1.94. The van der Waals surface area contributed by atoms with Crippen LogP contribution in [0.3, 0.4) is 0 Å². The van der Waals surface area contributed by atoms with Crippen LogP contribution in [-0.2, 0) is 9.59 Å². The van der Waals surface area contributed by atoms with Crippen LogP contribution < -0.4 is 0 Å². The summed E-state index contributed by atoms with van der Waals surface area (Å²) in [6.07, 6.45) is 6.85. The number of carboxylic acids is 1. The van der Waals surface area contributed by atoms with Crippen LogP contribution in [0.25, 0.3) is 0 Å². The number of likely N-dealkylation sites (N-methyl/N-ethyl adjacent to an activating group) is 1. The van der Waals surface area contributed by atoms with Crippen LogP contribution in [0.15, 0.2) is 12.2 Å². The number of carboxylic acid groups (broad SMARTS) is 1. The highest BCUT2D eigenvalue weighted by Gasteiger charge is 2.18. The van der Waals surface area contributed by atoms with Gasteiger partial charge in [-0.1, -0.05) is 12.8 Å².